The first-order valence-corrected chi connectivity index (χ1v) is 5.43. The molecule has 0 aliphatic rings. The van der Waals surface area contributed by atoms with Gasteiger partial charge in [-0.25, -0.2) is 13.2 Å². The normalized spacial score (nSPS) is 10.1. The second kappa shape index (κ2) is 5.02. The van der Waals surface area contributed by atoms with Crippen molar-refractivity contribution in [2.75, 3.05) is 5.32 Å². The van der Waals surface area contributed by atoms with E-state index in [0.29, 0.717) is 0 Å². The molecule has 0 aliphatic carbocycles. The van der Waals surface area contributed by atoms with Crippen LogP contribution in [0.5, 0.6) is 0 Å². The van der Waals surface area contributed by atoms with Crippen molar-refractivity contribution in [2.24, 2.45) is 0 Å². The topological polar surface area (TPSA) is 35.8 Å². The summed E-state index contributed by atoms with van der Waals surface area (Å²) < 4.78 is 40.5. The van der Waals surface area contributed by atoms with Crippen LogP contribution < -0.4 is 5.32 Å². The van der Waals surface area contributed by atoms with Crippen molar-refractivity contribution in [3.05, 3.63) is 58.9 Å². The molecule has 96 valence electrons. The standard InChI is InChI=1S/C14H9F3N2/c1-8-4-11(16)14(6-10(8)15)19-13-3-2-9(7-18)5-12(13)17/h2-6,19H,1H3. The lowest BCUT2D eigenvalue weighted by Gasteiger charge is -2.10. The molecule has 19 heavy (non-hydrogen) atoms. The Bertz CT molecular complexity index is 675. The summed E-state index contributed by atoms with van der Waals surface area (Å²) in [6, 6.07) is 7.47. The molecule has 0 saturated carbocycles. The van der Waals surface area contributed by atoms with Crippen LogP contribution in [0, 0.1) is 35.7 Å². The largest absolute Gasteiger partial charge is 0.351 e. The number of anilines is 2. The maximum Gasteiger partial charge on any atom is 0.147 e. The molecule has 0 bridgehead atoms. The molecule has 0 radical (unpaired) electrons. The third kappa shape index (κ3) is 2.68. The van der Waals surface area contributed by atoms with Crippen LogP contribution in [0.25, 0.3) is 0 Å². The molecule has 2 aromatic carbocycles. The summed E-state index contributed by atoms with van der Waals surface area (Å²) in [5.74, 6) is -1.97. The molecule has 0 amide bonds. The smallest absolute Gasteiger partial charge is 0.147 e. The second-order valence-electron chi connectivity index (χ2n) is 4.01. The molecular formula is C14H9F3N2. The maximum atomic E-state index is 13.6. The molecule has 0 aliphatic heterocycles. The lowest BCUT2D eigenvalue weighted by atomic mass is 10.1. The van der Waals surface area contributed by atoms with E-state index in [4.69, 9.17) is 5.26 Å². The lowest BCUT2D eigenvalue weighted by molar-refractivity contribution is 0.595. The third-order valence-corrected chi connectivity index (χ3v) is 2.62. The summed E-state index contributed by atoms with van der Waals surface area (Å²) in [5.41, 5.74) is 0.134. The van der Waals surface area contributed by atoms with Crippen molar-refractivity contribution in [3.63, 3.8) is 0 Å². The van der Waals surface area contributed by atoms with Gasteiger partial charge in [-0.15, -0.1) is 0 Å². The summed E-state index contributed by atoms with van der Waals surface area (Å²) in [5, 5.41) is 11.1. The second-order valence-corrected chi connectivity index (χ2v) is 4.01. The zero-order chi connectivity index (χ0) is 14.0. The molecular weight excluding hydrogens is 253 g/mol. The monoisotopic (exact) mass is 262 g/mol. The highest BCUT2D eigenvalue weighted by atomic mass is 19.1. The van der Waals surface area contributed by atoms with E-state index in [0.717, 1.165) is 18.2 Å². The summed E-state index contributed by atoms with van der Waals surface area (Å²) >= 11 is 0. The quantitative estimate of drug-likeness (QED) is 0.887. The fourth-order valence-electron chi connectivity index (χ4n) is 1.57. The molecule has 2 rings (SSSR count). The Hall–Kier alpha value is -2.48. The van der Waals surface area contributed by atoms with E-state index < -0.39 is 17.5 Å². The summed E-state index contributed by atoms with van der Waals surface area (Å²) in [6.45, 7) is 1.44. The van der Waals surface area contributed by atoms with E-state index in [9.17, 15) is 13.2 Å². The molecule has 0 atom stereocenters. The number of nitriles is 1. The van der Waals surface area contributed by atoms with E-state index in [1.165, 1.54) is 19.1 Å². The minimum absolute atomic E-state index is 0.0267. The van der Waals surface area contributed by atoms with Gasteiger partial charge in [-0.2, -0.15) is 5.26 Å². The Labute approximate surface area is 108 Å². The van der Waals surface area contributed by atoms with Crippen molar-refractivity contribution in [1.29, 1.82) is 5.26 Å². The van der Waals surface area contributed by atoms with E-state index in [-0.39, 0.29) is 22.5 Å². The number of rotatable bonds is 2. The summed E-state index contributed by atoms with van der Waals surface area (Å²) in [4.78, 5) is 0. The predicted molar refractivity (Wildman–Crippen MR) is 65.5 cm³/mol. The Balaban J connectivity index is 2.37. The van der Waals surface area contributed by atoms with Gasteiger partial charge in [0.1, 0.15) is 17.5 Å². The SMILES string of the molecule is Cc1cc(F)c(Nc2ccc(C#N)cc2F)cc1F. The number of nitrogens with one attached hydrogen (secondary N) is 1. The van der Waals surface area contributed by atoms with Gasteiger partial charge in [0.15, 0.2) is 0 Å². The van der Waals surface area contributed by atoms with Crippen LogP contribution in [0.3, 0.4) is 0 Å². The molecule has 1 N–H and O–H groups in total. The average molecular weight is 262 g/mol. The highest BCUT2D eigenvalue weighted by Gasteiger charge is 2.10. The van der Waals surface area contributed by atoms with Crippen molar-refractivity contribution < 1.29 is 13.2 Å². The molecule has 2 aromatic rings. The average Bonchev–Trinajstić information content (AvgIpc) is 2.38. The Kier molecular flexibility index (Phi) is 3.43. The van der Waals surface area contributed by atoms with E-state index >= 15 is 0 Å². The summed E-state index contributed by atoms with van der Waals surface area (Å²) in [7, 11) is 0. The first kappa shape index (κ1) is 13.0. The van der Waals surface area contributed by atoms with Gasteiger partial charge in [0, 0.05) is 6.07 Å². The van der Waals surface area contributed by atoms with Gasteiger partial charge in [0.05, 0.1) is 23.0 Å². The van der Waals surface area contributed by atoms with Crippen molar-refractivity contribution in [3.8, 4) is 6.07 Å². The van der Waals surface area contributed by atoms with Gasteiger partial charge in [-0.3, -0.25) is 0 Å². The van der Waals surface area contributed by atoms with Gasteiger partial charge < -0.3 is 5.32 Å². The zero-order valence-electron chi connectivity index (χ0n) is 9.97. The van der Waals surface area contributed by atoms with E-state index in [2.05, 4.69) is 5.32 Å². The van der Waals surface area contributed by atoms with Gasteiger partial charge in [-0.1, -0.05) is 0 Å². The lowest BCUT2D eigenvalue weighted by Crippen LogP contribution is -1.99. The van der Waals surface area contributed by atoms with Crippen LogP contribution in [-0.2, 0) is 0 Å². The zero-order valence-corrected chi connectivity index (χ0v) is 9.97. The fraction of sp³-hybridized carbons (Fsp3) is 0.0714. The maximum absolute atomic E-state index is 13.6. The fourth-order valence-corrected chi connectivity index (χ4v) is 1.57. The first-order chi connectivity index (χ1) is 9.01. The molecule has 0 heterocycles. The number of benzene rings is 2. The van der Waals surface area contributed by atoms with Crippen LogP contribution in [-0.4, -0.2) is 0 Å². The van der Waals surface area contributed by atoms with Crippen LogP contribution in [0.15, 0.2) is 30.3 Å². The predicted octanol–water partition coefficient (Wildman–Crippen LogP) is 4.03. The van der Waals surface area contributed by atoms with E-state index in [1.54, 1.807) is 6.07 Å². The van der Waals surface area contributed by atoms with Crippen LogP contribution in [0.4, 0.5) is 24.5 Å². The molecule has 2 nitrogen and oxygen atoms in total. The molecule has 5 heteroatoms. The molecule has 0 fully saturated rings. The van der Waals surface area contributed by atoms with Crippen molar-refractivity contribution in [1.82, 2.24) is 0 Å². The molecule has 0 spiro atoms. The van der Waals surface area contributed by atoms with Gasteiger partial charge in [0.2, 0.25) is 0 Å². The number of aryl methyl sites for hydroxylation is 1. The number of nitrogens with zero attached hydrogens (tertiary/aromatic N) is 1. The number of hydrogen-bond acceptors (Lipinski definition) is 2. The number of halogens is 3. The molecule has 0 aromatic heterocycles. The van der Waals surface area contributed by atoms with Crippen molar-refractivity contribution in [2.45, 2.75) is 6.92 Å². The highest BCUT2D eigenvalue weighted by Crippen LogP contribution is 2.25. The highest BCUT2D eigenvalue weighted by molar-refractivity contribution is 5.62. The van der Waals surface area contributed by atoms with Gasteiger partial charge in [0.25, 0.3) is 0 Å². The van der Waals surface area contributed by atoms with Crippen molar-refractivity contribution >= 4 is 11.4 Å². The summed E-state index contributed by atoms with van der Waals surface area (Å²) in [6.07, 6.45) is 0. The van der Waals surface area contributed by atoms with Crippen LogP contribution in [0.2, 0.25) is 0 Å². The molecule has 0 unspecified atom stereocenters. The third-order valence-electron chi connectivity index (χ3n) is 2.62. The van der Waals surface area contributed by atoms with Gasteiger partial charge in [-0.05, 0) is 36.8 Å². The van der Waals surface area contributed by atoms with Gasteiger partial charge >= 0.3 is 0 Å². The first-order valence-electron chi connectivity index (χ1n) is 5.43. The molecule has 0 saturated heterocycles. The van der Waals surface area contributed by atoms with E-state index in [1.807, 2.05) is 0 Å². The Morgan fingerprint density at radius 2 is 1.63 bits per heavy atom. The Morgan fingerprint density at radius 1 is 0.947 bits per heavy atom. The van der Waals surface area contributed by atoms with Crippen LogP contribution >= 0.6 is 0 Å². The van der Waals surface area contributed by atoms with Crippen LogP contribution in [0.1, 0.15) is 11.1 Å². The Morgan fingerprint density at radius 3 is 2.26 bits per heavy atom. The number of hydrogen-bond donors (Lipinski definition) is 1. The minimum atomic E-state index is -0.709. The minimum Gasteiger partial charge on any atom is -0.351 e.